The van der Waals surface area contributed by atoms with E-state index in [1.807, 2.05) is 29.2 Å². The first kappa shape index (κ1) is 15.6. The lowest BCUT2D eigenvalue weighted by Crippen LogP contribution is -2.48. The third-order valence-electron chi connectivity index (χ3n) is 3.98. The smallest absolute Gasteiger partial charge is 0.254 e. The molecule has 3 rings (SSSR count). The fourth-order valence-electron chi connectivity index (χ4n) is 2.75. The van der Waals surface area contributed by atoms with Crippen molar-refractivity contribution in [2.75, 3.05) is 38.2 Å². The van der Waals surface area contributed by atoms with E-state index in [4.69, 9.17) is 4.74 Å². The molecule has 2 heterocycles. The second-order valence-electron chi connectivity index (χ2n) is 5.31. The van der Waals surface area contributed by atoms with Gasteiger partial charge < -0.3 is 14.5 Å². The Kier molecular flexibility index (Phi) is 4.62. The van der Waals surface area contributed by atoms with E-state index in [0.29, 0.717) is 23.5 Å². The number of para-hydroxylation sites is 2. The number of aldehydes is 1. The molecule has 2 aromatic rings. The molecule has 23 heavy (non-hydrogen) atoms. The van der Waals surface area contributed by atoms with Gasteiger partial charge in [-0.1, -0.05) is 12.1 Å². The standard InChI is InChI=1S/C17H18N2O3S/c1-22-16-5-3-2-4-15(16)18-6-8-19(9-7-18)17(21)13-10-14(11-20)23-12-13/h2-5,10-12H,6-9H2,1H3. The summed E-state index contributed by atoms with van der Waals surface area (Å²) in [5.74, 6) is 0.842. The third-order valence-corrected chi connectivity index (χ3v) is 4.83. The molecule has 1 saturated heterocycles. The average Bonchev–Trinajstić information content (AvgIpc) is 3.10. The van der Waals surface area contributed by atoms with Crippen LogP contribution in [0.5, 0.6) is 5.75 Å². The van der Waals surface area contributed by atoms with E-state index in [1.165, 1.54) is 11.3 Å². The zero-order valence-electron chi connectivity index (χ0n) is 12.9. The molecule has 1 aliphatic rings. The number of ether oxygens (including phenoxy) is 1. The van der Waals surface area contributed by atoms with Crippen LogP contribution in [0.15, 0.2) is 35.7 Å². The highest BCUT2D eigenvalue weighted by molar-refractivity contribution is 7.12. The van der Waals surface area contributed by atoms with Crippen LogP contribution in [-0.4, -0.2) is 50.4 Å². The molecule has 1 fully saturated rings. The molecule has 0 atom stereocenters. The van der Waals surface area contributed by atoms with Gasteiger partial charge in [0.2, 0.25) is 0 Å². The van der Waals surface area contributed by atoms with Crippen LogP contribution in [0.1, 0.15) is 20.0 Å². The highest BCUT2D eigenvalue weighted by Crippen LogP contribution is 2.28. The van der Waals surface area contributed by atoms with Crippen LogP contribution in [0.2, 0.25) is 0 Å². The van der Waals surface area contributed by atoms with Crippen molar-refractivity contribution in [3.05, 3.63) is 46.2 Å². The van der Waals surface area contributed by atoms with Crippen molar-refractivity contribution in [3.8, 4) is 5.75 Å². The number of rotatable bonds is 4. The summed E-state index contributed by atoms with van der Waals surface area (Å²) in [4.78, 5) is 27.9. The molecule has 0 aliphatic carbocycles. The number of carbonyl (C=O) groups excluding carboxylic acids is 2. The fraction of sp³-hybridized carbons (Fsp3) is 0.294. The van der Waals surface area contributed by atoms with E-state index in [1.54, 1.807) is 18.6 Å². The average molecular weight is 330 g/mol. The van der Waals surface area contributed by atoms with Crippen molar-refractivity contribution in [1.82, 2.24) is 4.90 Å². The first-order valence-electron chi connectivity index (χ1n) is 7.44. The first-order valence-corrected chi connectivity index (χ1v) is 8.32. The Hall–Kier alpha value is -2.34. The summed E-state index contributed by atoms with van der Waals surface area (Å²) < 4.78 is 5.40. The van der Waals surface area contributed by atoms with Gasteiger partial charge in [0.15, 0.2) is 6.29 Å². The van der Waals surface area contributed by atoms with Crippen LogP contribution in [0, 0.1) is 0 Å². The molecule has 120 valence electrons. The number of carbonyl (C=O) groups is 2. The summed E-state index contributed by atoms with van der Waals surface area (Å²) in [5, 5.41) is 1.75. The summed E-state index contributed by atoms with van der Waals surface area (Å²) in [6.07, 6.45) is 0.779. The van der Waals surface area contributed by atoms with Crippen molar-refractivity contribution < 1.29 is 14.3 Å². The van der Waals surface area contributed by atoms with E-state index < -0.39 is 0 Å². The number of piperazine rings is 1. The predicted molar refractivity (Wildman–Crippen MR) is 90.8 cm³/mol. The van der Waals surface area contributed by atoms with Gasteiger partial charge in [0.1, 0.15) is 5.75 Å². The Morgan fingerprint density at radius 2 is 1.96 bits per heavy atom. The Balaban J connectivity index is 1.66. The maximum atomic E-state index is 12.5. The Morgan fingerprint density at radius 1 is 1.22 bits per heavy atom. The Bertz CT molecular complexity index is 705. The van der Waals surface area contributed by atoms with Gasteiger partial charge in [-0.25, -0.2) is 0 Å². The zero-order valence-corrected chi connectivity index (χ0v) is 13.7. The lowest BCUT2D eigenvalue weighted by atomic mass is 10.2. The SMILES string of the molecule is COc1ccccc1N1CCN(C(=O)c2csc(C=O)c2)CC1. The molecule has 1 aliphatic heterocycles. The number of benzene rings is 1. The van der Waals surface area contributed by atoms with Crippen LogP contribution in [0.3, 0.4) is 0 Å². The van der Waals surface area contributed by atoms with Gasteiger partial charge in [-0.3, -0.25) is 9.59 Å². The number of anilines is 1. The van der Waals surface area contributed by atoms with Gasteiger partial charge in [-0.05, 0) is 18.2 Å². The van der Waals surface area contributed by atoms with Crippen molar-refractivity contribution in [3.63, 3.8) is 0 Å². The van der Waals surface area contributed by atoms with Crippen molar-refractivity contribution in [1.29, 1.82) is 0 Å². The number of methoxy groups -OCH3 is 1. The van der Waals surface area contributed by atoms with Crippen molar-refractivity contribution >= 4 is 29.2 Å². The Labute approximate surface area is 139 Å². The van der Waals surface area contributed by atoms with Crippen LogP contribution >= 0.6 is 11.3 Å². The van der Waals surface area contributed by atoms with Crippen LogP contribution in [0.4, 0.5) is 5.69 Å². The number of thiophene rings is 1. The minimum absolute atomic E-state index is 0.00553. The molecule has 6 heteroatoms. The molecule has 0 N–H and O–H groups in total. The van der Waals surface area contributed by atoms with E-state index in [0.717, 1.165) is 30.8 Å². The lowest BCUT2D eigenvalue weighted by molar-refractivity contribution is 0.0747. The molecule has 0 bridgehead atoms. The normalized spacial score (nSPS) is 14.7. The third kappa shape index (κ3) is 3.22. The van der Waals surface area contributed by atoms with Gasteiger partial charge in [-0.2, -0.15) is 0 Å². The quantitative estimate of drug-likeness (QED) is 0.809. The highest BCUT2D eigenvalue weighted by atomic mass is 32.1. The molecule has 1 aromatic carbocycles. The molecular formula is C17H18N2O3S. The van der Waals surface area contributed by atoms with Gasteiger partial charge in [0.05, 0.1) is 23.2 Å². The van der Waals surface area contributed by atoms with Crippen LogP contribution in [-0.2, 0) is 0 Å². The largest absolute Gasteiger partial charge is 0.495 e. The fourth-order valence-corrected chi connectivity index (χ4v) is 3.43. The summed E-state index contributed by atoms with van der Waals surface area (Å²) in [6.45, 7) is 2.83. The summed E-state index contributed by atoms with van der Waals surface area (Å²) in [7, 11) is 1.67. The predicted octanol–water partition coefficient (Wildman–Crippen LogP) is 2.53. The van der Waals surface area contributed by atoms with Gasteiger partial charge in [0, 0.05) is 31.6 Å². The molecule has 0 saturated carbocycles. The number of hydrogen-bond donors (Lipinski definition) is 0. The number of amides is 1. The molecule has 5 nitrogen and oxygen atoms in total. The summed E-state index contributed by atoms with van der Waals surface area (Å²) in [6, 6.07) is 9.57. The van der Waals surface area contributed by atoms with Gasteiger partial charge in [0.25, 0.3) is 5.91 Å². The second kappa shape index (κ2) is 6.83. The number of hydrogen-bond acceptors (Lipinski definition) is 5. The molecule has 0 unspecified atom stereocenters. The second-order valence-corrected chi connectivity index (χ2v) is 6.25. The molecular weight excluding hydrogens is 312 g/mol. The Morgan fingerprint density at radius 3 is 2.61 bits per heavy atom. The van der Waals surface area contributed by atoms with Crippen molar-refractivity contribution in [2.45, 2.75) is 0 Å². The summed E-state index contributed by atoms with van der Waals surface area (Å²) >= 11 is 1.30. The molecule has 0 spiro atoms. The molecule has 1 aromatic heterocycles. The first-order chi connectivity index (χ1) is 11.2. The van der Waals surface area contributed by atoms with E-state index >= 15 is 0 Å². The minimum atomic E-state index is -0.00553. The maximum Gasteiger partial charge on any atom is 0.254 e. The topological polar surface area (TPSA) is 49.9 Å². The monoisotopic (exact) mass is 330 g/mol. The van der Waals surface area contributed by atoms with Crippen LogP contribution in [0.25, 0.3) is 0 Å². The zero-order chi connectivity index (χ0) is 16.2. The lowest BCUT2D eigenvalue weighted by Gasteiger charge is -2.36. The molecule has 0 radical (unpaired) electrons. The number of nitrogens with zero attached hydrogens (tertiary/aromatic N) is 2. The summed E-state index contributed by atoms with van der Waals surface area (Å²) in [5.41, 5.74) is 1.66. The van der Waals surface area contributed by atoms with Gasteiger partial charge >= 0.3 is 0 Å². The van der Waals surface area contributed by atoms with E-state index in [2.05, 4.69) is 4.90 Å². The van der Waals surface area contributed by atoms with E-state index in [-0.39, 0.29) is 5.91 Å². The van der Waals surface area contributed by atoms with E-state index in [9.17, 15) is 9.59 Å². The van der Waals surface area contributed by atoms with Crippen LogP contribution < -0.4 is 9.64 Å². The maximum absolute atomic E-state index is 12.5. The molecule has 1 amide bonds. The van der Waals surface area contributed by atoms with Crippen molar-refractivity contribution in [2.24, 2.45) is 0 Å². The highest BCUT2D eigenvalue weighted by Gasteiger charge is 2.24. The minimum Gasteiger partial charge on any atom is -0.495 e. The van der Waals surface area contributed by atoms with Gasteiger partial charge in [-0.15, -0.1) is 11.3 Å².